The van der Waals surface area contributed by atoms with E-state index < -0.39 is 0 Å². The number of ether oxygens (including phenoxy) is 2. The third kappa shape index (κ3) is 4.81. The standard InChI is InChI=1S/C22H23N3O4/c26-21(15-29-16-7-2-1-3-8-16)25(13-17-9-6-12-28-17)14-20-23-19-11-5-4-10-18(19)22(27)24-20/h1-5,7-8,10-11,17H,6,9,12-15H2,(H,23,24,27)/t17-/m0/s1. The predicted molar refractivity (Wildman–Crippen MR) is 109 cm³/mol. The Morgan fingerprint density at radius 1 is 1.17 bits per heavy atom. The van der Waals surface area contributed by atoms with E-state index in [1.807, 2.05) is 24.3 Å². The molecule has 0 radical (unpaired) electrons. The number of benzene rings is 2. The Kier molecular flexibility index (Phi) is 5.86. The van der Waals surface area contributed by atoms with Crippen LogP contribution in [-0.4, -0.2) is 46.6 Å². The van der Waals surface area contributed by atoms with Gasteiger partial charge in [0.25, 0.3) is 11.5 Å². The van der Waals surface area contributed by atoms with Gasteiger partial charge in [0.15, 0.2) is 6.61 Å². The summed E-state index contributed by atoms with van der Waals surface area (Å²) in [6, 6.07) is 16.4. The number of amides is 1. The van der Waals surface area contributed by atoms with Gasteiger partial charge in [0.05, 0.1) is 23.6 Å². The molecule has 1 amide bonds. The van der Waals surface area contributed by atoms with E-state index in [2.05, 4.69) is 9.97 Å². The SMILES string of the molecule is O=C(COc1ccccc1)N(Cc1nc2ccccc2c(=O)[nH]1)C[C@@H]1CCCO1. The number of H-pyrrole nitrogens is 1. The molecule has 7 nitrogen and oxygen atoms in total. The first-order chi connectivity index (χ1) is 14.2. The molecule has 0 unspecified atom stereocenters. The number of aromatic amines is 1. The second kappa shape index (κ2) is 8.87. The van der Waals surface area contributed by atoms with Gasteiger partial charge in [0.2, 0.25) is 0 Å². The van der Waals surface area contributed by atoms with E-state index in [4.69, 9.17) is 9.47 Å². The third-order valence-corrected chi connectivity index (χ3v) is 4.91. The summed E-state index contributed by atoms with van der Waals surface area (Å²) in [5.74, 6) is 0.898. The number of hydrogen-bond acceptors (Lipinski definition) is 5. The van der Waals surface area contributed by atoms with Gasteiger partial charge in [-0.15, -0.1) is 0 Å². The first-order valence-corrected chi connectivity index (χ1v) is 9.74. The van der Waals surface area contributed by atoms with Gasteiger partial charge in [-0.25, -0.2) is 4.98 Å². The normalized spacial score (nSPS) is 16.1. The van der Waals surface area contributed by atoms with Crippen molar-refractivity contribution in [2.24, 2.45) is 0 Å². The molecule has 0 spiro atoms. The number of nitrogens with zero attached hydrogens (tertiary/aromatic N) is 2. The lowest BCUT2D eigenvalue weighted by atomic mass is 10.2. The van der Waals surface area contributed by atoms with Crippen molar-refractivity contribution in [1.29, 1.82) is 0 Å². The fourth-order valence-electron chi connectivity index (χ4n) is 3.43. The maximum absolute atomic E-state index is 12.9. The maximum Gasteiger partial charge on any atom is 0.261 e. The lowest BCUT2D eigenvalue weighted by Gasteiger charge is -2.25. The molecular formula is C22H23N3O4. The molecule has 29 heavy (non-hydrogen) atoms. The van der Waals surface area contributed by atoms with Gasteiger partial charge in [0.1, 0.15) is 11.6 Å². The number of carbonyl (C=O) groups excluding carboxylic acids is 1. The predicted octanol–water partition coefficient (Wildman–Crippen LogP) is 2.51. The first-order valence-electron chi connectivity index (χ1n) is 9.74. The number of nitrogens with one attached hydrogen (secondary N) is 1. The average Bonchev–Trinajstić information content (AvgIpc) is 3.25. The van der Waals surface area contributed by atoms with Crippen molar-refractivity contribution in [3.8, 4) is 5.75 Å². The molecule has 0 saturated carbocycles. The molecule has 150 valence electrons. The van der Waals surface area contributed by atoms with Crippen LogP contribution < -0.4 is 10.3 Å². The van der Waals surface area contributed by atoms with Gasteiger partial charge in [-0.05, 0) is 37.1 Å². The monoisotopic (exact) mass is 393 g/mol. The molecule has 7 heteroatoms. The second-order valence-electron chi connectivity index (χ2n) is 7.04. The van der Waals surface area contributed by atoms with E-state index in [9.17, 15) is 9.59 Å². The van der Waals surface area contributed by atoms with Crippen LogP contribution in [0.4, 0.5) is 0 Å². The van der Waals surface area contributed by atoms with Gasteiger partial charge in [0, 0.05) is 13.2 Å². The maximum atomic E-state index is 12.9. The number of rotatable bonds is 7. The molecule has 1 atom stereocenters. The van der Waals surface area contributed by atoms with Crippen LogP contribution in [0.3, 0.4) is 0 Å². The largest absolute Gasteiger partial charge is 0.484 e. The number of para-hydroxylation sites is 2. The highest BCUT2D eigenvalue weighted by Crippen LogP contribution is 2.16. The van der Waals surface area contributed by atoms with Gasteiger partial charge in [-0.2, -0.15) is 0 Å². The van der Waals surface area contributed by atoms with Crippen LogP contribution in [0, 0.1) is 0 Å². The van der Waals surface area contributed by atoms with E-state index in [1.54, 1.807) is 35.2 Å². The summed E-state index contributed by atoms with van der Waals surface area (Å²) >= 11 is 0. The minimum atomic E-state index is -0.212. The lowest BCUT2D eigenvalue weighted by molar-refractivity contribution is -0.135. The van der Waals surface area contributed by atoms with Crippen LogP contribution in [0.25, 0.3) is 10.9 Å². The quantitative estimate of drug-likeness (QED) is 0.667. The average molecular weight is 393 g/mol. The second-order valence-corrected chi connectivity index (χ2v) is 7.04. The highest BCUT2D eigenvalue weighted by molar-refractivity contribution is 5.78. The van der Waals surface area contributed by atoms with Gasteiger partial charge in [-0.1, -0.05) is 30.3 Å². The summed E-state index contributed by atoms with van der Waals surface area (Å²) in [6.45, 7) is 1.25. The summed E-state index contributed by atoms with van der Waals surface area (Å²) in [5.41, 5.74) is 0.395. The van der Waals surface area contributed by atoms with E-state index in [0.717, 1.165) is 12.8 Å². The molecule has 2 heterocycles. The van der Waals surface area contributed by atoms with Crippen molar-refractivity contribution in [3.63, 3.8) is 0 Å². The number of aromatic nitrogens is 2. The van der Waals surface area contributed by atoms with Gasteiger partial charge < -0.3 is 19.4 Å². The minimum Gasteiger partial charge on any atom is -0.484 e. The molecule has 1 N–H and O–H groups in total. The Balaban J connectivity index is 1.51. The molecule has 0 bridgehead atoms. The van der Waals surface area contributed by atoms with Crippen molar-refractivity contribution in [3.05, 3.63) is 70.8 Å². The van der Waals surface area contributed by atoms with Crippen molar-refractivity contribution >= 4 is 16.8 Å². The third-order valence-electron chi connectivity index (χ3n) is 4.91. The van der Waals surface area contributed by atoms with Crippen LogP contribution in [0.15, 0.2) is 59.4 Å². The zero-order valence-corrected chi connectivity index (χ0v) is 16.0. The summed E-state index contributed by atoms with van der Waals surface area (Å²) < 4.78 is 11.3. The number of hydrogen-bond donors (Lipinski definition) is 1. The lowest BCUT2D eigenvalue weighted by Crippen LogP contribution is -2.40. The van der Waals surface area contributed by atoms with Crippen LogP contribution in [0.1, 0.15) is 18.7 Å². The topological polar surface area (TPSA) is 84.5 Å². The molecule has 1 aliphatic heterocycles. The minimum absolute atomic E-state index is 0.0112. The molecule has 1 aliphatic rings. The van der Waals surface area contributed by atoms with Crippen molar-refractivity contribution in [2.45, 2.75) is 25.5 Å². The van der Waals surface area contributed by atoms with E-state index in [-0.39, 0.29) is 30.7 Å². The summed E-state index contributed by atoms with van der Waals surface area (Å²) in [4.78, 5) is 34.2. The van der Waals surface area contributed by atoms with Crippen LogP contribution in [0.5, 0.6) is 5.75 Å². The molecule has 4 rings (SSSR count). The Labute approximate surface area is 168 Å². The van der Waals surface area contributed by atoms with Crippen molar-refractivity contribution in [2.75, 3.05) is 19.8 Å². The zero-order chi connectivity index (χ0) is 20.1. The molecular weight excluding hydrogens is 370 g/mol. The highest BCUT2D eigenvalue weighted by Gasteiger charge is 2.24. The van der Waals surface area contributed by atoms with Crippen LogP contribution in [-0.2, 0) is 16.1 Å². The summed E-state index contributed by atoms with van der Waals surface area (Å²) in [6.07, 6.45) is 1.88. The first kappa shape index (κ1) is 19.1. The summed E-state index contributed by atoms with van der Waals surface area (Å²) in [5, 5.41) is 0.528. The fraction of sp³-hybridized carbons (Fsp3) is 0.318. The molecule has 1 aromatic heterocycles. The highest BCUT2D eigenvalue weighted by atomic mass is 16.5. The molecule has 1 saturated heterocycles. The van der Waals surface area contributed by atoms with Crippen molar-refractivity contribution < 1.29 is 14.3 Å². The number of fused-ring (bicyclic) bond motifs is 1. The fourth-order valence-corrected chi connectivity index (χ4v) is 3.43. The van der Waals surface area contributed by atoms with Crippen molar-refractivity contribution in [1.82, 2.24) is 14.9 Å². The van der Waals surface area contributed by atoms with E-state index in [0.29, 0.717) is 35.6 Å². The Hall–Kier alpha value is -3.19. The Morgan fingerprint density at radius 2 is 1.97 bits per heavy atom. The Bertz CT molecular complexity index is 1030. The summed E-state index contributed by atoms with van der Waals surface area (Å²) in [7, 11) is 0. The molecule has 1 fully saturated rings. The molecule has 2 aromatic carbocycles. The van der Waals surface area contributed by atoms with E-state index in [1.165, 1.54) is 0 Å². The molecule has 3 aromatic rings. The van der Waals surface area contributed by atoms with Gasteiger partial charge in [-0.3, -0.25) is 9.59 Å². The zero-order valence-electron chi connectivity index (χ0n) is 16.0. The van der Waals surface area contributed by atoms with Crippen LogP contribution in [0.2, 0.25) is 0 Å². The molecule has 0 aliphatic carbocycles. The van der Waals surface area contributed by atoms with Gasteiger partial charge >= 0.3 is 0 Å². The van der Waals surface area contributed by atoms with Crippen LogP contribution >= 0.6 is 0 Å². The number of carbonyl (C=O) groups is 1. The Morgan fingerprint density at radius 3 is 2.76 bits per heavy atom. The smallest absolute Gasteiger partial charge is 0.261 e. The van der Waals surface area contributed by atoms with E-state index >= 15 is 0 Å².